The lowest BCUT2D eigenvalue weighted by molar-refractivity contribution is 0.250. The van der Waals surface area contributed by atoms with E-state index in [1.807, 2.05) is 11.7 Å². The Balaban J connectivity index is 1.87. The Morgan fingerprint density at radius 3 is 2.80 bits per heavy atom. The standard InChI is InChI=1S/C20H29N3O2/c1-12(2)18-16(20(24-6)23(5)22-18)11-21-17-7-8-25-19-14(4)9-13(3)10-15(17)19/h9-10,12,17,21H,7-8,11H2,1-6H3/t17-/m1/s1. The van der Waals surface area contributed by atoms with Crippen LogP contribution in [0.2, 0.25) is 0 Å². The highest BCUT2D eigenvalue weighted by Crippen LogP contribution is 2.36. The number of nitrogens with one attached hydrogen (secondary N) is 1. The van der Waals surface area contributed by atoms with Gasteiger partial charge in [-0.05, 0) is 25.3 Å². The van der Waals surface area contributed by atoms with Gasteiger partial charge in [0.2, 0.25) is 5.88 Å². The van der Waals surface area contributed by atoms with Crippen molar-refractivity contribution in [3.8, 4) is 11.6 Å². The average molecular weight is 343 g/mol. The number of benzene rings is 1. The fourth-order valence-corrected chi connectivity index (χ4v) is 3.77. The van der Waals surface area contributed by atoms with Gasteiger partial charge in [-0.2, -0.15) is 5.10 Å². The van der Waals surface area contributed by atoms with Crippen LogP contribution in [0.25, 0.3) is 0 Å². The Bertz CT molecular complexity index is 765. The van der Waals surface area contributed by atoms with Crippen molar-refractivity contribution in [3.63, 3.8) is 0 Å². The van der Waals surface area contributed by atoms with Crippen LogP contribution >= 0.6 is 0 Å². The highest BCUT2D eigenvalue weighted by molar-refractivity contribution is 5.46. The fraction of sp³-hybridized carbons (Fsp3) is 0.550. The molecule has 5 nitrogen and oxygen atoms in total. The Morgan fingerprint density at radius 1 is 1.36 bits per heavy atom. The van der Waals surface area contributed by atoms with Crippen LogP contribution in [0.5, 0.6) is 11.6 Å². The van der Waals surface area contributed by atoms with E-state index in [2.05, 4.69) is 50.2 Å². The van der Waals surface area contributed by atoms with Gasteiger partial charge in [-0.15, -0.1) is 0 Å². The van der Waals surface area contributed by atoms with Gasteiger partial charge >= 0.3 is 0 Å². The maximum atomic E-state index is 5.92. The number of nitrogens with zero attached hydrogens (tertiary/aromatic N) is 2. The molecule has 25 heavy (non-hydrogen) atoms. The van der Waals surface area contributed by atoms with E-state index in [1.165, 1.54) is 16.7 Å². The summed E-state index contributed by atoms with van der Waals surface area (Å²) in [5.74, 6) is 2.24. The summed E-state index contributed by atoms with van der Waals surface area (Å²) >= 11 is 0. The van der Waals surface area contributed by atoms with Crippen molar-refractivity contribution < 1.29 is 9.47 Å². The molecule has 0 fully saturated rings. The van der Waals surface area contributed by atoms with Gasteiger partial charge in [-0.1, -0.05) is 31.5 Å². The zero-order valence-electron chi connectivity index (χ0n) is 16.1. The molecule has 2 heterocycles. The third-order valence-electron chi connectivity index (χ3n) is 4.86. The van der Waals surface area contributed by atoms with Crippen LogP contribution in [0.4, 0.5) is 0 Å². The van der Waals surface area contributed by atoms with E-state index in [9.17, 15) is 0 Å². The van der Waals surface area contributed by atoms with E-state index < -0.39 is 0 Å². The van der Waals surface area contributed by atoms with Crippen LogP contribution in [-0.2, 0) is 13.6 Å². The van der Waals surface area contributed by atoms with Crippen LogP contribution in [0.3, 0.4) is 0 Å². The molecule has 0 radical (unpaired) electrons. The Morgan fingerprint density at radius 2 is 2.12 bits per heavy atom. The van der Waals surface area contributed by atoms with Crippen LogP contribution in [-0.4, -0.2) is 23.5 Å². The van der Waals surface area contributed by atoms with Gasteiger partial charge < -0.3 is 14.8 Å². The van der Waals surface area contributed by atoms with E-state index in [0.717, 1.165) is 42.5 Å². The molecule has 2 aromatic rings. The zero-order valence-corrected chi connectivity index (χ0v) is 16.1. The second-order valence-electron chi connectivity index (χ2n) is 7.22. The first-order chi connectivity index (χ1) is 11.9. The molecule has 5 heteroatoms. The smallest absolute Gasteiger partial charge is 0.216 e. The first kappa shape index (κ1) is 17.8. The molecule has 1 aromatic carbocycles. The highest BCUT2D eigenvalue weighted by Gasteiger charge is 2.25. The summed E-state index contributed by atoms with van der Waals surface area (Å²) in [4.78, 5) is 0. The Labute approximate surface area is 150 Å². The lowest BCUT2D eigenvalue weighted by Crippen LogP contribution is -2.27. The van der Waals surface area contributed by atoms with E-state index in [0.29, 0.717) is 5.92 Å². The monoisotopic (exact) mass is 343 g/mol. The first-order valence-corrected chi connectivity index (χ1v) is 8.99. The minimum atomic E-state index is 0.285. The van der Waals surface area contributed by atoms with E-state index in [-0.39, 0.29) is 6.04 Å². The molecule has 1 aliphatic rings. The molecule has 3 rings (SSSR count). The predicted octanol–water partition coefficient (Wildman–Crippen LogP) is 3.78. The van der Waals surface area contributed by atoms with E-state index in [1.54, 1.807) is 7.11 Å². The number of methoxy groups -OCH3 is 1. The van der Waals surface area contributed by atoms with Crippen molar-refractivity contribution in [2.75, 3.05) is 13.7 Å². The molecule has 1 aromatic heterocycles. The summed E-state index contributed by atoms with van der Waals surface area (Å²) in [5.41, 5.74) is 5.99. The minimum Gasteiger partial charge on any atom is -0.493 e. The number of fused-ring (bicyclic) bond motifs is 1. The van der Waals surface area contributed by atoms with Crippen LogP contribution in [0, 0.1) is 13.8 Å². The number of rotatable bonds is 5. The molecular weight excluding hydrogens is 314 g/mol. The molecule has 1 atom stereocenters. The van der Waals surface area contributed by atoms with Crippen LogP contribution < -0.4 is 14.8 Å². The Hall–Kier alpha value is -2.01. The largest absolute Gasteiger partial charge is 0.493 e. The quantitative estimate of drug-likeness (QED) is 0.897. The van der Waals surface area contributed by atoms with Gasteiger partial charge in [-0.3, -0.25) is 0 Å². The summed E-state index contributed by atoms with van der Waals surface area (Å²) in [6, 6.07) is 4.71. The van der Waals surface area contributed by atoms with Crippen LogP contribution in [0.15, 0.2) is 12.1 Å². The van der Waals surface area contributed by atoms with Gasteiger partial charge in [0.1, 0.15) is 5.75 Å². The summed E-state index contributed by atoms with van der Waals surface area (Å²) in [5, 5.41) is 8.36. The van der Waals surface area contributed by atoms with Crippen molar-refractivity contribution in [2.24, 2.45) is 7.05 Å². The van der Waals surface area contributed by atoms with Crippen LogP contribution in [0.1, 0.15) is 60.2 Å². The molecular formula is C20H29N3O2. The molecule has 136 valence electrons. The molecule has 0 spiro atoms. The number of hydrogen-bond donors (Lipinski definition) is 1. The predicted molar refractivity (Wildman–Crippen MR) is 99.5 cm³/mol. The normalized spacial score (nSPS) is 16.7. The summed E-state index contributed by atoms with van der Waals surface area (Å²) in [6.45, 7) is 10.1. The van der Waals surface area contributed by atoms with Gasteiger partial charge in [0.25, 0.3) is 0 Å². The highest BCUT2D eigenvalue weighted by atomic mass is 16.5. The molecule has 1 N–H and O–H groups in total. The van der Waals surface area contributed by atoms with Crippen molar-refractivity contribution in [1.29, 1.82) is 0 Å². The summed E-state index contributed by atoms with van der Waals surface area (Å²) < 4.78 is 13.3. The summed E-state index contributed by atoms with van der Waals surface area (Å²) in [6.07, 6.45) is 0.968. The van der Waals surface area contributed by atoms with Crippen molar-refractivity contribution in [2.45, 2.75) is 52.6 Å². The number of hydrogen-bond acceptors (Lipinski definition) is 4. The second kappa shape index (κ2) is 7.08. The molecule has 1 aliphatic heterocycles. The van der Waals surface area contributed by atoms with Gasteiger partial charge in [-0.25, -0.2) is 4.68 Å². The lowest BCUT2D eigenvalue weighted by atomic mass is 9.95. The first-order valence-electron chi connectivity index (χ1n) is 8.99. The minimum absolute atomic E-state index is 0.285. The fourth-order valence-electron chi connectivity index (χ4n) is 3.77. The third-order valence-corrected chi connectivity index (χ3v) is 4.86. The third kappa shape index (κ3) is 3.38. The number of aryl methyl sites for hydroxylation is 3. The molecule has 0 amide bonds. The zero-order chi connectivity index (χ0) is 18.1. The molecule has 0 saturated heterocycles. The topological polar surface area (TPSA) is 48.3 Å². The van der Waals surface area contributed by atoms with Gasteiger partial charge in [0.15, 0.2) is 0 Å². The van der Waals surface area contributed by atoms with E-state index >= 15 is 0 Å². The van der Waals surface area contributed by atoms with E-state index in [4.69, 9.17) is 9.47 Å². The molecule has 0 aliphatic carbocycles. The van der Waals surface area contributed by atoms with Crippen molar-refractivity contribution >= 4 is 0 Å². The SMILES string of the molecule is COc1c(CN[C@@H]2CCOc3c(C)cc(C)cc32)c(C(C)C)nn1C. The second-order valence-corrected chi connectivity index (χ2v) is 7.22. The van der Waals surface area contributed by atoms with Crippen molar-refractivity contribution in [1.82, 2.24) is 15.1 Å². The number of aromatic nitrogens is 2. The van der Waals surface area contributed by atoms with Gasteiger partial charge in [0.05, 0.1) is 25.0 Å². The molecule has 0 saturated carbocycles. The van der Waals surface area contributed by atoms with Crippen molar-refractivity contribution in [3.05, 3.63) is 40.1 Å². The maximum absolute atomic E-state index is 5.92. The Kier molecular flexibility index (Phi) is 5.04. The maximum Gasteiger partial charge on any atom is 0.216 e. The lowest BCUT2D eigenvalue weighted by Gasteiger charge is -2.28. The average Bonchev–Trinajstić information content (AvgIpc) is 2.88. The number of ether oxygens (including phenoxy) is 2. The summed E-state index contributed by atoms with van der Waals surface area (Å²) in [7, 11) is 3.64. The van der Waals surface area contributed by atoms with Gasteiger partial charge in [0, 0.05) is 31.6 Å². The molecule has 0 bridgehead atoms. The molecule has 0 unspecified atom stereocenters.